The van der Waals surface area contributed by atoms with Gasteiger partial charge in [0.05, 0.1) is 0 Å². The summed E-state index contributed by atoms with van der Waals surface area (Å²) in [5.41, 5.74) is 1.49. The van der Waals surface area contributed by atoms with Gasteiger partial charge in [-0.2, -0.15) is 0 Å². The van der Waals surface area contributed by atoms with Crippen LogP contribution >= 0.6 is 0 Å². The van der Waals surface area contributed by atoms with E-state index in [9.17, 15) is 9.59 Å². The molecule has 0 saturated heterocycles. The van der Waals surface area contributed by atoms with Gasteiger partial charge in [0.25, 0.3) is 0 Å². The highest BCUT2D eigenvalue weighted by atomic mass is 16.4. The van der Waals surface area contributed by atoms with Gasteiger partial charge in [-0.25, -0.2) is 9.59 Å². The Morgan fingerprint density at radius 3 is 2.32 bits per heavy atom. The van der Waals surface area contributed by atoms with Gasteiger partial charge in [-0.05, 0) is 42.9 Å². The van der Waals surface area contributed by atoms with E-state index < -0.39 is 11.9 Å². The molecule has 0 aromatic carbocycles. The van der Waals surface area contributed by atoms with Gasteiger partial charge in [0.2, 0.25) is 0 Å². The van der Waals surface area contributed by atoms with E-state index in [1.165, 1.54) is 0 Å². The number of aromatic nitrogens is 1. The molecule has 0 aliphatic heterocycles. The topological polar surface area (TPSA) is 91.6 Å². The summed E-state index contributed by atoms with van der Waals surface area (Å²) in [7, 11) is 1.62. The van der Waals surface area contributed by atoms with Gasteiger partial charge in [-0.15, -0.1) is 0 Å². The van der Waals surface area contributed by atoms with E-state index in [0.717, 1.165) is 31.4 Å². The molecule has 1 heterocycles. The van der Waals surface area contributed by atoms with Crippen LogP contribution in [0.1, 0.15) is 50.5 Å². The van der Waals surface area contributed by atoms with Crippen molar-refractivity contribution in [3.8, 4) is 0 Å². The first kappa shape index (κ1) is 22.5. The smallest absolute Gasteiger partial charge is 0.352 e. The summed E-state index contributed by atoms with van der Waals surface area (Å²) in [6, 6.07) is 3.36. The molecule has 0 unspecified atom stereocenters. The molecule has 1 aromatic heterocycles. The van der Waals surface area contributed by atoms with E-state index in [0.29, 0.717) is 11.6 Å². The van der Waals surface area contributed by atoms with E-state index in [-0.39, 0.29) is 5.70 Å². The molecule has 1 aliphatic rings. The lowest BCUT2D eigenvalue weighted by Crippen LogP contribution is -2.18. The highest BCUT2D eigenvalue weighted by Gasteiger charge is 2.28. The second kappa shape index (κ2) is 11.9. The zero-order valence-electron chi connectivity index (χ0n) is 15.6. The van der Waals surface area contributed by atoms with Crippen LogP contribution < -0.4 is 5.32 Å². The van der Waals surface area contributed by atoms with Crippen LogP contribution in [0.25, 0.3) is 0 Å². The van der Waals surface area contributed by atoms with E-state index in [1.807, 2.05) is 20.8 Å². The number of aromatic carboxylic acids is 1. The number of nitrogens with zero attached hydrogens (tertiary/aromatic N) is 1. The van der Waals surface area contributed by atoms with Gasteiger partial charge >= 0.3 is 11.9 Å². The molecule has 1 aromatic rings. The number of likely N-dealkylation sites (N-methyl/N-ethyl adjacent to an activating group) is 1. The number of aryl methyl sites for hydroxylation is 1. The third-order valence-electron chi connectivity index (χ3n) is 3.50. The molecule has 1 aliphatic carbocycles. The summed E-state index contributed by atoms with van der Waals surface area (Å²) in [4.78, 5) is 21.2. The van der Waals surface area contributed by atoms with E-state index in [1.54, 1.807) is 36.0 Å². The zero-order chi connectivity index (χ0) is 19.4. The Labute approximate surface area is 149 Å². The van der Waals surface area contributed by atoms with Gasteiger partial charge in [0.15, 0.2) is 0 Å². The maximum atomic E-state index is 10.7. The van der Waals surface area contributed by atoms with Gasteiger partial charge in [-0.3, -0.25) is 0 Å². The third-order valence-corrected chi connectivity index (χ3v) is 3.50. The molecule has 0 bridgehead atoms. The van der Waals surface area contributed by atoms with Crippen molar-refractivity contribution >= 4 is 11.9 Å². The standard InChI is InChI=1S/C9H13NO2.C8H11NO2.C2H6/c1-3-7(6-4-5-6)8(10-2)9(11)12;1-2-5-9-6-3-4-7(9)8(10)11;1-2/h3,6,10H,1,4-5H2,2H3,(H,11,12);3-4,6H,2,5H2,1H3,(H,10,11);1-2H3/b8-7+;;. The fourth-order valence-electron chi connectivity index (χ4n) is 2.29. The number of hydrogen-bond acceptors (Lipinski definition) is 3. The van der Waals surface area contributed by atoms with Crippen molar-refractivity contribution in [1.29, 1.82) is 0 Å². The lowest BCUT2D eigenvalue weighted by molar-refractivity contribution is -0.133. The third kappa shape index (κ3) is 7.28. The lowest BCUT2D eigenvalue weighted by Gasteiger charge is -2.06. The number of rotatable bonds is 7. The van der Waals surface area contributed by atoms with Gasteiger partial charge in [0, 0.05) is 19.8 Å². The Bertz CT molecular complexity index is 598. The van der Waals surface area contributed by atoms with Gasteiger partial charge in [-0.1, -0.05) is 33.4 Å². The summed E-state index contributed by atoms with van der Waals surface area (Å²) >= 11 is 0. The number of carboxylic acid groups (broad SMARTS) is 2. The second-order valence-corrected chi connectivity index (χ2v) is 5.26. The molecular weight excluding hydrogens is 320 g/mol. The molecule has 3 N–H and O–H groups in total. The molecule has 6 nitrogen and oxygen atoms in total. The Morgan fingerprint density at radius 1 is 1.36 bits per heavy atom. The molecule has 1 saturated carbocycles. The molecular formula is C19H30N2O4. The minimum Gasteiger partial charge on any atom is -0.477 e. The molecule has 0 radical (unpaired) electrons. The normalized spacial score (nSPS) is 13.3. The molecule has 6 heteroatoms. The number of carboxylic acids is 2. The first-order valence-corrected chi connectivity index (χ1v) is 8.62. The largest absolute Gasteiger partial charge is 0.477 e. The molecule has 140 valence electrons. The molecule has 0 spiro atoms. The van der Waals surface area contributed by atoms with Gasteiger partial charge in [0.1, 0.15) is 11.4 Å². The van der Waals surface area contributed by atoms with Crippen molar-refractivity contribution in [1.82, 2.24) is 9.88 Å². The fourth-order valence-corrected chi connectivity index (χ4v) is 2.29. The monoisotopic (exact) mass is 350 g/mol. The number of aliphatic carboxylic acids is 1. The van der Waals surface area contributed by atoms with Crippen LogP contribution in [0, 0.1) is 5.92 Å². The fraction of sp³-hybridized carbons (Fsp3) is 0.474. The van der Waals surface area contributed by atoms with Crippen LogP contribution in [0.3, 0.4) is 0 Å². The zero-order valence-corrected chi connectivity index (χ0v) is 15.6. The van der Waals surface area contributed by atoms with E-state index >= 15 is 0 Å². The quantitative estimate of drug-likeness (QED) is 0.514. The highest BCUT2D eigenvalue weighted by Crippen LogP contribution is 2.38. The maximum absolute atomic E-state index is 10.7. The molecule has 0 atom stereocenters. The molecule has 0 amide bonds. The predicted octanol–water partition coefficient (Wildman–Crippen LogP) is 3.76. The highest BCUT2D eigenvalue weighted by molar-refractivity contribution is 5.87. The van der Waals surface area contributed by atoms with E-state index in [2.05, 4.69) is 11.9 Å². The average Bonchev–Trinajstić information content (AvgIpc) is 3.32. The summed E-state index contributed by atoms with van der Waals surface area (Å²) < 4.78 is 1.74. The minimum atomic E-state index is -0.903. The number of allylic oxidation sites excluding steroid dienone is 2. The molecule has 2 rings (SSSR count). The van der Waals surface area contributed by atoms with Crippen LogP contribution in [-0.2, 0) is 11.3 Å². The molecule has 25 heavy (non-hydrogen) atoms. The number of hydrogen-bond donors (Lipinski definition) is 3. The predicted molar refractivity (Wildman–Crippen MR) is 99.7 cm³/mol. The van der Waals surface area contributed by atoms with Crippen molar-refractivity contribution < 1.29 is 19.8 Å². The van der Waals surface area contributed by atoms with Crippen LogP contribution in [0.15, 0.2) is 42.3 Å². The van der Waals surface area contributed by atoms with Gasteiger partial charge < -0.3 is 20.1 Å². The SMILES string of the molecule is C=C/C(=C(\NC)C(=O)O)C1CC1.CC.CCCn1cccc1C(=O)O. The lowest BCUT2D eigenvalue weighted by atomic mass is 10.1. The summed E-state index contributed by atoms with van der Waals surface area (Å²) in [6.45, 7) is 10.4. The maximum Gasteiger partial charge on any atom is 0.352 e. The first-order chi connectivity index (χ1) is 12.0. The number of nitrogens with one attached hydrogen (secondary N) is 1. The minimum absolute atomic E-state index is 0.285. The Morgan fingerprint density at radius 2 is 1.96 bits per heavy atom. The number of carbonyl (C=O) groups is 2. The van der Waals surface area contributed by atoms with Crippen molar-refractivity contribution in [3.63, 3.8) is 0 Å². The van der Waals surface area contributed by atoms with Crippen LogP contribution in [0.4, 0.5) is 0 Å². The van der Waals surface area contributed by atoms with Crippen LogP contribution in [0.5, 0.6) is 0 Å². The Balaban J connectivity index is 0.000000421. The van der Waals surface area contributed by atoms with Crippen molar-refractivity contribution in [3.05, 3.63) is 47.9 Å². The van der Waals surface area contributed by atoms with Crippen LogP contribution in [0.2, 0.25) is 0 Å². The first-order valence-electron chi connectivity index (χ1n) is 8.62. The summed E-state index contributed by atoms with van der Waals surface area (Å²) in [5, 5.41) is 20.1. The van der Waals surface area contributed by atoms with Crippen molar-refractivity contribution in [2.24, 2.45) is 5.92 Å². The van der Waals surface area contributed by atoms with Crippen molar-refractivity contribution in [2.45, 2.75) is 46.6 Å². The Hall–Kier alpha value is -2.50. The van der Waals surface area contributed by atoms with Crippen LogP contribution in [-0.4, -0.2) is 33.8 Å². The average molecular weight is 350 g/mol. The van der Waals surface area contributed by atoms with E-state index in [4.69, 9.17) is 10.2 Å². The molecule has 1 fully saturated rings. The second-order valence-electron chi connectivity index (χ2n) is 5.26. The van der Waals surface area contributed by atoms with Crippen molar-refractivity contribution in [2.75, 3.05) is 7.05 Å². The Kier molecular flexibility index (Phi) is 10.8. The summed E-state index contributed by atoms with van der Waals surface area (Å²) in [5.74, 6) is -1.34. The summed E-state index contributed by atoms with van der Waals surface area (Å²) in [6.07, 6.45) is 6.54.